The summed E-state index contributed by atoms with van der Waals surface area (Å²) in [5, 5.41) is 4.33. The maximum absolute atomic E-state index is 11.2. The number of hydrogen-bond acceptors (Lipinski definition) is 5. The first kappa shape index (κ1) is 14.4. The van der Waals surface area contributed by atoms with E-state index in [1.54, 1.807) is 13.2 Å². The topological polar surface area (TPSA) is 87.2 Å². The Bertz CT molecular complexity index is 707. The van der Waals surface area contributed by atoms with Gasteiger partial charge in [0.2, 0.25) is 0 Å². The van der Waals surface area contributed by atoms with Crippen LogP contribution in [-0.4, -0.2) is 37.3 Å². The van der Waals surface area contributed by atoms with Gasteiger partial charge in [-0.3, -0.25) is 0 Å². The minimum absolute atomic E-state index is 0.0103. The predicted molar refractivity (Wildman–Crippen MR) is 78.3 cm³/mol. The number of sulfone groups is 1. The van der Waals surface area contributed by atoms with E-state index in [2.05, 4.69) is 5.10 Å². The van der Waals surface area contributed by atoms with Gasteiger partial charge in [0, 0.05) is 17.9 Å². The zero-order valence-corrected chi connectivity index (χ0v) is 12.2. The molecule has 1 heterocycles. The van der Waals surface area contributed by atoms with Crippen LogP contribution in [0.5, 0.6) is 5.75 Å². The Hall–Kier alpha value is -2.02. The fourth-order valence-corrected chi connectivity index (χ4v) is 2.29. The Morgan fingerprint density at radius 2 is 2.10 bits per heavy atom. The van der Waals surface area contributed by atoms with Gasteiger partial charge in [-0.05, 0) is 12.1 Å². The van der Waals surface area contributed by atoms with E-state index in [-0.39, 0.29) is 12.3 Å². The molecule has 0 amide bonds. The van der Waals surface area contributed by atoms with E-state index in [0.717, 1.165) is 11.3 Å². The molecule has 0 saturated carbocycles. The quantitative estimate of drug-likeness (QED) is 0.895. The molecular weight excluding hydrogens is 278 g/mol. The SMILES string of the molecule is COc1cccc(-c2cc(N)n(CCS(C)(=O)=O)n2)c1. The van der Waals surface area contributed by atoms with Gasteiger partial charge >= 0.3 is 0 Å². The van der Waals surface area contributed by atoms with Gasteiger partial charge in [0.1, 0.15) is 21.4 Å². The van der Waals surface area contributed by atoms with Gasteiger partial charge in [-0.15, -0.1) is 0 Å². The second-order valence-corrected chi connectivity index (χ2v) is 6.80. The minimum Gasteiger partial charge on any atom is -0.497 e. The summed E-state index contributed by atoms with van der Waals surface area (Å²) in [6.07, 6.45) is 1.19. The smallest absolute Gasteiger partial charge is 0.149 e. The van der Waals surface area contributed by atoms with Crippen molar-refractivity contribution < 1.29 is 13.2 Å². The first-order valence-electron chi connectivity index (χ1n) is 6.04. The molecule has 0 aliphatic rings. The van der Waals surface area contributed by atoms with Crippen LogP contribution in [0, 0.1) is 0 Å². The van der Waals surface area contributed by atoms with Crippen molar-refractivity contribution in [2.75, 3.05) is 24.9 Å². The number of methoxy groups -OCH3 is 1. The lowest BCUT2D eigenvalue weighted by Gasteiger charge is -2.03. The van der Waals surface area contributed by atoms with Crippen molar-refractivity contribution in [3.63, 3.8) is 0 Å². The second-order valence-electron chi connectivity index (χ2n) is 4.54. The number of rotatable bonds is 5. The summed E-state index contributed by atoms with van der Waals surface area (Å²) >= 11 is 0. The standard InChI is InChI=1S/C13H17N3O3S/c1-19-11-5-3-4-10(8-11)12-9-13(14)16(15-12)6-7-20(2,17)18/h3-5,8-9H,6-7,14H2,1-2H3. The third kappa shape index (κ3) is 3.51. The number of anilines is 1. The molecule has 2 N–H and O–H groups in total. The van der Waals surface area contributed by atoms with Crippen LogP contribution < -0.4 is 10.5 Å². The summed E-state index contributed by atoms with van der Waals surface area (Å²) < 4.78 is 29.0. The van der Waals surface area contributed by atoms with Crippen LogP contribution in [-0.2, 0) is 16.4 Å². The summed E-state index contributed by atoms with van der Waals surface area (Å²) in [5.41, 5.74) is 7.41. The predicted octanol–water partition coefficient (Wildman–Crippen LogP) is 1.19. The third-order valence-electron chi connectivity index (χ3n) is 2.85. The lowest BCUT2D eigenvalue weighted by molar-refractivity contribution is 0.415. The highest BCUT2D eigenvalue weighted by molar-refractivity contribution is 7.90. The van der Waals surface area contributed by atoms with Crippen molar-refractivity contribution in [3.8, 4) is 17.0 Å². The molecule has 0 atom stereocenters. The molecule has 0 spiro atoms. The zero-order chi connectivity index (χ0) is 14.8. The average Bonchev–Trinajstić information content (AvgIpc) is 2.77. The van der Waals surface area contributed by atoms with Gasteiger partial charge in [-0.1, -0.05) is 12.1 Å². The normalized spacial score (nSPS) is 11.5. The summed E-state index contributed by atoms with van der Waals surface area (Å²) in [6.45, 7) is 0.245. The van der Waals surface area contributed by atoms with Crippen LogP contribution in [0.2, 0.25) is 0 Å². The second kappa shape index (κ2) is 5.54. The van der Waals surface area contributed by atoms with Crippen molar-refractivity contribution in [3.05, 3.63) is 30.3 Å². The summed E-state index contributed by atoms with van der Waals surface area (Å²) in [7, 11) is -1.45. The van der Waals surface area contributed by atoms with Crippen LogP contribution in [0.1, 0.15) is 0 Å². The van der Waals surface area contributed by atoms with Crippen LogP contribution in [0.3, 0.4) is 0 Å². The number of hydrogen-bond donors (Lipinski definition) is 1. The molecule has 7 heteroatoms. The highest BCUT2D eigenvalue weighted by Gasteiger charge is 2.10. The van der Waals surface area contributed by atoms with E-state index in [0.29, 0.717) is 11.5 Å². The van der Waals surface area contributed by atoms with Gasteiger partial charge in [0.05, 0.1) is 25.1 Å². The fourth-order valence-electron chi connectivity index (χ4n) is 1.79. The molecule has 0 unspecified atom stereocenters. The van der Waals surface area contributed by atoms with Gasteiger partial charge in [-0.2, -0.15) is 5.10 Å². The monoisotopic (exact) mass is 295 g/mol. The maximum Gasteiger partial charge on any atom is 0.149 e. The lowest BCUT2D eigenvalue weighted by Crippen LogP contribution is -2.13. The Morgan fingerprint density at radius 1 is 1.35 bits per heavy atom. The molecule has 1 aromatic carbocycles. The lowest BCUT2D eigenvalue weighted by atomic mass is 10.1. The molecule has 20 heavy (non-hydrogen) atoms. The number of nitrogen functional groups attached to an aromatic ring is 1. The van der Waals surface area contributed by atoms with Gasteiger partial charge in [-0.25, -0.2) is 13.1 Å². The molecule has 2 rings (SSSR count). The Morgan fingerprint density at radius 3 is 2.75 bits per heavy atom. The maximum atomic E-state index is 11.2. The van der Waals surface area contributed by atoms with Crippen molar-refractivity contribution in [1.82, 2.24) is 9.78 Å². The number of nitrogens with two attached hydrogens (primary N) is 1. The van der Waals surface area contributed by atoms with Crippen molar-refractivity contribution in [2.24, 2.45) is 0 Å². The largest absolute Gasteiger partial charge is 0.497 e. The molecule has 108 valence electrons. The van der Waals surface area contributed by atoms with Crippen LogP contribution in [0.15, 0.2) is 30.3 Å². The highest BCUT2D eigenvalue weighted by atomic mass is 32.2. The Balaban J connectivity index is 2.26. The van der Waals surface area contributed by atoms with Gasteiger partial charge in [0.15, 0.2) is 0 Å². The van der Waals surface area contributed by atoms with E-state index in [1.807, 2.05) is 24.3 Å². The molecular formula is C13H17N3O3S. The van der Waals surface area contributed by atoms with E-state index < -0.39 is 9.84 Å². The molecule has 0 aliphatic heterocycles. The number of benzene rings is 1. The zero-order valence-electron chi connectivity index (χ0n) is 11.4. The van der Waals surface area contributed by atoms with E-state index in [9.17, 15) is 8.42 Å². The van der Waals surface area contributed by atoms with Crippen molar-refractivity contribution in [2.45, 2.75) is 6.54 Å². The first-order chi connectivity index (χ1) is 9.39. The molecule has 0 bridgehead atoms. The van der Waals surface area contributed by atoms with Crippen LogP contribution in [0.25, 0.3) is 11.3 Å². The minimum atomic E-state index is -3.04. The van der Waals surface area contributed by atoms with Gasteiger partial charge in [0.25, 0.3) is 0 Å². The molecule has 0 aliphatic carbocycles. The number of aryl methyl sites for hydroxylation is 1. The molecule has 0 radical (unpaired) electrons. The Kier molecular flexibility index (Phi) is 3.99. The van der Waals surface area contributed by atoms with E-state index in [4.69, 9.17) is 10.5 Å². The fraction of sp³-hybridized carbons (Fsp3) is 0.308. The van der Waals surface area contributed by atoms with Crippen molar-refractivity contribution in [1.29, 1.82) is 0 Å². The molecule has 0 saturated heterocycles. The molecule has 6 nitrogen and oxygen atoms in total. The number of ether oxygens (including phenoxy) is 1. The van der Waals surface area contributed by atoms with Crippen molar-refractivity contribution >= 4 is 15.7 Å². The third-order valence-corrected chi connectivity index (χ3v) is 3.77. The summed E-state index contributed by atoms with van der Waals surface area (Å²) in [4.78, 5) is 0. The molecule has 2 aromatic rings. The first-order valence-corrected chi connectivity index (χ1v) is 8.10. The average molecular weight is 295 g/mol. The summed E-state index contributed by atoms with van der Waals surface area (Å²) in [6, 6.07) is 9.16. The Labute approximate surface area is 118 Å². The summed E-state index contributed by atoms with van der Waals surface area (Å²) in [5.74, 6) is 1.18. The van der Waals surface area contributed by atoms with E-state index in [1.165, 1.54) is 10.9 Å². The van der Waals surface area contributed by atoms with Gasteiger partial charge < -0.3 is 10.5 Å². The van der Waals surface area contributed by atoms with E-state index >= 15 is 0 Å². The van der Waals surface area contributed by atoms with Crippen LogP contribution in [0.4, 0.5) is 5.82 Å². The molecule has 1 aromatic heterocycles. The number of nitrogens with zero attached hydrogens (tertiary/aromatic N) is 2. The van der Waals surface area contributed by atoms with Crippen LogP contribution >= 0.6 is 0 Å². The number of aromatic nitrogens is 2. The molecule has 0 fully saturated rings. The highest BCUT2D eigenvalue weighted by Crippen LogP contribution is 2.24.